The number of ether oxygens (including phenoxy) is 2. The molecule has 5 heteroatoms. The van der Waals surface area contributed by atoms with Crippen LogP contribution in [0.1, 0.15) is 12.0 Å². The molecule has 0 unspecified atom stereocenters. The normalized spacial score (nSPS) is 10.1. The molecule has 1 rings (SSSR count). The van der Waals surface area contributed by atoms with Gasteiger partial charge in [-0.2, -0.15) is 5.26 Å². The molecule has 0 radical (unpaired) electrons. The highest BCUT2D eigenvalue weighted by atomic mass is 19.1. The van der Waals surface area contributed by atoms with E-state index in [4.69, 9.17) is 14.7 Å². The fraction of sp³-hybridized carbons (Fsp3) is 0.462. The van der Waals surface area contributed by atoms with Crippen molar-refractivity contribution in [3.05, 3.63) is 29.6 Å². The minimum absolute atomic E-state index is 0.0388. The molecule has 0 atom stereocenters. The fourth-order valence-corrected chi connectivity index (χ4v) is 1.45. The maximum Gasteiger partial charge on any atom is 0.143 e. The molecular formula is C13H17FN2O2. The van der Waals surface area contributed by atoms with Crippen LogP contribution in [0.2, 0.25) is 0 Å². The van der Waals surface area contributed by atoms with Crippen LogP contribution in [-0.4, -0.2) is 33.5 Å². The fourth-order valence-electron chi connectivity index (χ4n) is 1.45. The van der Waals surface area contributed by atoms with Gasteiger partial charge < -0.3 is 14.8 Å². The first-order chi connectivity index (χ1) is 8.79. The van der Waals surface area contributed by atoms with Crippen LogP contribution in [0.25, 0.3) is 0 Å². The monoisotopic (exact) mass is 252 g/mol. The first kappa shape index (κ1) is 14.4. The van der Waals surface area contributed by atoms with Crippen molar-refractivity contribution in [2.75, 3.05) is 38.8 Å². The van der Waals surface area contributed by atoms with Gasteiger partial charge in [-0.3, -0.25) is 0 Å². The van der Waals surface area contributed by atoms with E-state index in [9.17, 15) is 4.39 Å². The first-order valence-electron chi connectivity index (χ1n) is 5.78. The Morgan fingerprint density at radius 2 is 2.17 bits per heavy atom. The van der Waals surface area contributed by atoms with Crippen molar-refractivity contribution in [3.63, 3.8) is 0 Å². The van der Waals surface area contributed by atoms with Gasteiger partial charge in [0.15, 0.2) is 0 Å². The Hall–Kier alpha value is -1.64. The summed E-state index contributed by atoms with van der Waals surface area (Å²) in [5.41, 5.74) is 0.537. The van der Waals surface area contributed by atoms with Crippen molar-refractivity contribution >= 4 is 5.69 Å². The van der Waals surface area contributed by atoms with Gasteiger partial charge in [-0.05, 0) is 18.6 Å². The SMILES string of the molecule is COCCCOCCNc1cccc(F)c1C#N. The van der Waals surface area contributed by atoms with Gasteiger partial charge in [-0.25, -0.2) is 4.39 Å². The van der Waals surface area contributed by atoms with Crippen LogP contribution in [0.3, 0.4) is 0 Å². The molecule has 4 nitrogen and oxygen atoms in total. The topological polar surface area (TPSA) is 54.3 Å². The van der Waals surface area contributed by atoms with Crippen LogP contribution >= 0.6 is 0 Å². The minimum Gasteiger partial charge on any atom is -0.385 e. The number of rotatable bonds is 8. The Bertz CT molecular complexity index is 404. The molecule has 0 saturated heterocycles. The molecule has 98 valence electrons. The summed E-state index contributed by atoms with van der Waals surface area (Å²) in [5, 5.41) is 11.8. The lowest BCUT2D eigenvalue weighted by Crippen LogP contribution is -2.11. The summed E-state index contributed by atoms with van der Waals surface area (Å²) in [4.78, 5) is 0. The molecule has 0 fully saturated rings. The molecule has 0 amide bonds. The third-order valence-electron chi connectivity index (χ3n) is 2.32. The lowest BCUT2D eigenvalue weighted by Gasteiger charge is -2.09. The summed E-state index contributed by atoms with van der Waals surface area (Å²) in [5.74, 6) is -0.511. The third-order valence-corrected chi connectivity index (χ3v) is 2.32. The Labute approximate surface area is 106 Å². The minimum atomic E-state index is -0.511. The lowest BCUT2D eigenvalue weighted by molar-refractivity contribution is 0.109. The van der Waals surface area contributed by atoms with Gasteiger partial charge in [0, 0.05) is 26.9 Å². The van der Waals surface area contributed by atoms with Gasteiger partial charge in [-0.1, -0.05) is 6.07 Å². The summed E-state index contributed by atoms with van der Waals surface area (Å²) < 4.78 is 23.5. The molecule has 1 aromatic rings. The first-order valence-corrected chi connectivity index (χ1v) is 5.78. The molecule has 0 bridgehead atoms. The van der Waals surface area contributed by atoms with Crippen molar-refractivity contribution in [3.8, 4) is 6.07 Å². The Morgan fingerprint density at radius 3 is 2.89 bits per heavy atom. The second-order valence-corrected chi connectivity index (χ2v) is 3.66. The highest BCUT2D eigenvalue weighted by Gasteiger charge is 2.06. The summed E-state index contributed by atoms with van der Waals surface area (Å²) in [6, 6.07) is 6.35. The van der Waals surface area contributed by atoms with Crippen LogP contribution in [0, 0.1) is 17.1 Å². The number of nitriles is 1. The quantitative estimate of drug-likeness (QED) is 0.720. The summed E-state index contributed by atoms with van der Waals surface area (Å²) >= 11 is 0. The third kappa shape index (κ3) is 4.70. The maximum absolute atomic E-state index is 13.3. The largest absolute Gasteiger partial charge is 0.385 e. The predicted molar refractivity (Wildman–Crippen MR) is 66.9 cm³/mol. The molecule has 1 aromatic carbocycles. The number of benzene rings is 1. The Morgan fingerprint density at radius 1 is 1.33 bits per heavy atom. The molecule has 18 heavy (non-hydrogen) atoms. The summed E-state index contributed by atoms with van der Waals surface area (Å²) in [7, 11) is 1.65. The zero-order valence-electron chi connectivity index (χ0n) is 10.4. The van der Waals surface area contributed by atoms with Crippen molar-refractivity contribution in [2.24, 2.45) is 0 Å². The van der Waals surface area contributed by atoms with Crippen molar-refractivity contribution in [1.29, 1.82) is 5.26 Å². The van der Waals surface area contributed by atoms with E-state index in [1.54, 1.807) is 19.2 Å². The molecular weight excluding hydrogens is 235 g/mol. The number of methoxy groups -OCH3 is 1. The van der Waals surface area contributed by atoms with Gasteiger partial charge in [0.25, 0.3) is 0 Å². The van der Waals surface area contributed by atoms with Gasteiger partial charge >= 0.3 is 0 Å². The van der Waals surface area contributed by atoms with Crippen LogP contribution < -0.4 is 5.32 Å². The molecule has 0 aliphatic carbocycles. The number of anilines is 1. The van der Waals surface area contributed by atoms with E-state index in [-0.39, 0.29) is 5.56 Å². The number of nitrogens with zero attached hydrogens (tertiary/aromatic N) is 1. The maximum atomic E-state index is 13.3. The zero-order valence-corrected chi connectivity index (χ0v) is 10.4. The van der Waals surface area contributed by atoms with Gasteiger partial charge in [-0.15, -0.1) is 0 Å². The molecule has 0 saturated carbocycles. The van der Waals surface area contributed by atoms with E-state index < -0.39 is 5.82 Å². The number of hydrogen-bond donors (Lipinski definition) is 1. The van der Waals surface area contributed by atoms with Gasteiger partial charge in [0.05, 0.1) is 12.3 Å². The highest BCUT2D eigenvalue weighted by molar-refractivity contribution is 5.57. The number of nitrogens with one attached hydrogen (secondary N) is 1. The smallest absolute Gasteiger partial charge is 0.143 e. The lowest BCUT2D eigenvalue weighted by atomic mass is 10.2. The van der Waals surface area contributed by atoms with Crippen LogP contribution in [0.4, 0.5) is 10.1 Å². The van der Waals surface area contributed by atoms with E-state index in [1.165, 1.54) is 6.07 Å². The van der Waals surface area contributed by atoms with Gasteiger partial charge in [0.1, 0.15) is 17.4 Å². The van der Waals surface area contributed by atoms with Crippen LogP contribution in [-0.2, 0) is 9.47 Å². The summed E-state index contributed by atoms with van der Waals surface area (Å²) in [6.07, 6.45) is 0.847. The second kappa shape index (κ2) is 8.45. The van der Waals surface area contributed by atoms with Crippen LogP contribution in [0.15, 0.2) is 18.2 Å². The number of hydrogen-bond acceptors (Lipinski definition) is 4. The number of halogens is 1. The second-order valence-electron chi connectivity index (χ2n) is 3.66. The van der Waals surface area contributed by atoms with E-state index >= 15 is 0 Å². The summed E-state index contributed by atoms with van der Waals surface area (Å²) in [6.45, 7) is 2.34. The van der Waals surface area contributed by atoms with Crippen molar-refractivity contribution < 1.29 is 13.9 Å². The molecule has 0 aliphatic rings. The standard InChI is InChI=1S/C13H17FN2O2/c1-17-7-3-8-18-9-6-16-13-5-2-4-12(14)11(13)10-15/h2,4-5,16H,3,6-9H2,1H3. The molecule has 0 heterocycles. The zero-order chi connectivity index (χ0) is 13.2. The average Bonchev–Trinajstić information content (AvgIpc) is 2.38. The predicted octanol–water partition coefficient (Wildman–Crippen LogP) is 2.16. The van der Waals surface area contributed by atoms with Crippen molar-refractivity contribution in [1.82, 2.24) is 0 Å². The van der Waals surface area contributed by atoms with E-state index in [0.717, 1.165) is 6.42 Å². The van der Waals surface area contributed by atoms with E-state index in [2.05, 4.69) is 5.32 Å². The molecule has 1 N–H and O–H groups in total. The molecule has 0 spiro atoms. The van der Waals surface area contributed by atoms with Crippen LogP contribution in [0.5, 0.6) is 0 Å². The van der Waals surface area contributed by atoms with E-state index in [0.29, 0.717) is 32.1 Å². The highest BCUT2D eigenvalue weighted by Crippen LogP contribution is 2.17. The van der Waals surface area contributed by atoms with E-state index in [1.807, 2.05) is 6.07 Å². The Kier molecular flexibility index (Phi) is 6.77. The Balaban J connectivity index is 2.28. The average molecular weight is 252 g/mol. The molecule has 0 aliphatic heterocycles. The molecule has 0 aromatic heterocycles. The van der Waals surface area contributed by atoms with Gasteiger partial charge in [0.2, 0.25) is 0 Å². The van der Waals surface area contributed by atoms with Crippen molar-refractivity contribution in [2.45, 2.75) is 6.42 Å².